The molecule has 0 unspecified atom stereocenters. The number of anilines is 1. The third-order valence-electron chi connectivity index (χ3n) is 4.58. The van der Waals surface area contributed by atoms with Crippen molar-refractivity contribution in [2.24, 2.45) is 7.05 Å². The molecule has 1 aliphatic carbocycles. The number of carbonyl (C=O) groups excluding carboxylic acids is 2. The smallest absolute Gasteiger partial charge is 0.349 e. The van der Waals surface area contributed by atoms with Crippen LogP contribution in [0.4, 0.5) is 40.8 Å². The Bertz CT molecular complexity index is 1110. The number of aromatic nitrogens is 2. The maximum Gasteiger partial charge on any atom is 0.459 e. The van der Waals surface area contributed by atoms with Crippen LogP contribution in [0, 0.1) is 0 Å². The first-order valence-corrected chi connectivity index (χ1v) is 9.42. The normalized spacial score (nSPS) is 14.8. The summed E-state index contributed by atoms with van der Waals surface area (Å²) >= 11 is 5.93. The van der Waals surface area contributed by atoms with Crippen molar-refractivity contribution in [1.29, 1.82) is 0 Å². The zero-order chi connectivity index (χ0) is 24.9. The Morgan fingerprint density at radius 1 is 1.06 bits per heavy atom. The molecule has 1 aliphatic rings. The van der Waals surface area contributed by atoms with Crippen LogP contribution in [0.15, 0.2) is 18.2 Å². The van der Waals surface area contributed by atoms with Gasteiger partial charge in [-0.3, -0.25) is 14.3 Å². The minimum atomic E-state index is -6.39. The molecule has 1 saturated carbocycles. The van der Waals surface area contributed by atoms with Crippen molar-refractivity contribution in [1.82, 2.24) is 15.1 Å². The number of nitrogens with zero attached hydrogens (tertiary/aromatic N) is 2. The summed E-state index contributed by atoms with van der Waals surface area (Å²) in [6.07, 6.45) is -10.7. The van der Waals surface area contributed by atoms with Gasteiger partial charge in [0.2, 0.25) is 0 Å². The zero-order valence-corrected chi connectivity index (χ0v) is 17.1. The molecule has 1 heterocycles. The van der Waals surface area contributed by atoms with E-state index in [1.165, 1.54) is 0 Å². The number of hydrogen-bond donors (Lipinski definition) is 2. The van der Waals surface area contributed by atoms with Gasteiger partial charge in [-0.15, -0.1) is 0 Å². The van der Waals surface area contributed by atoms with Gasteiger partial charge < -0.3 is 10.6 Å². The van der Waals surface area contributed by atoms with Crippen molar-refractivity contribution >= 4 is 29.1 Å². The van der Waals surface area contributed by atoms with Crippen LogP contribution < -0.4 is 10.6 Å². The number of benzene rings is 1. The number of aryl methyl sites for hydroxylation is 1. The zero-order valence-electron chi connectivity index (χ0n) is 16.3. The third kappa shape index (κ3) is 4.89. The van der Waals surface area contributed by atoms with E-state index in [-0.39, 0.29) is 27.0 Å². The lowest BCUT2D eigenvalue weighted by Crippen LogP contribution is -2.36. The monoisotopic (exact) mass is 504 g/mol. The average Bonchev–Trinajstić information content (AvgIpc) is 3.39. The molecular weight excluding hydrogens is 492 g/mol. The van der Waals surface area contributed by atoms with Crippen LogP contribution in [-0.2, 0) is 19.1 Å². The summed E-state index contributed by atoms with van der Waals surface area (Å²) in [5, 5.41) is 7.16. The van der Waals surface area contributed by atoms with Crippen LogP contribution in [0.5, 0.6) is 0 Å². The molecule has 0 atom stereocenters. The topological polar surface area (TPSA) is 76.0 Å². The van der Waals surface area contributed by atoms with Crippen LogP contribution in [0.25, 0.3) is 0 Å². The van der Waals surface area contributed by atoms with E-state index in [0.29, 0.717) is 7.05 Å². The Balaban J connectivity index is 2.00. The van der Waals surface area contributed by atoms with E-state index in [4.69, 9.17) is 11.6 Å². The van der Waals surface area contributed by atoms with Gasteiger partial charge >= 0.3 is 18.3 Å². The summed E-state index contributed by atoms with van der Waals surface area (Å²) < 4.78 is 106. The Morgan fingerprint density at radius 2 is 1.67 bits per heavy atom. The molecule has 0 aliphatic heterocycles. The van der Waals surface area contributed by atoms with Gasteiger partial charge in [0.05, 0.1) is 10.6 Å². The predicted octanol–water partition coefficient (Wildman–Crippen LogP) is 4.89. The van der Waals surface area contributed by atoms with Crippen molar-refractivity contribution in [3.63, 3.8) is 0 Å². The number of nitrogens with one attached hydrogen (secondary N) is 2. The van der Waals surface area contributed by atoms with Crippen LogP contribution in [0.1, 0.15) is 44.9 Å². The summed E-state index contributed by atoms with van der Waals surface area (Å²) in [6.45, 7) is 0. The highest BCUT2D eigenvalue weighted by molar-refractivity contribution is 6.34. The van der Waals surface area contributed by atoms with Gasteiger partial charge in [-0.05, 0) is 31.0 Å². The predicted molar refractivity (Wildman–Crippen MR) is 98.1 cm³/mol. The molecular formula is C18H13ClF8N4O2. The van der Waals surface area contributed by atoms with Crippen LogP contribution in [0.2, 0.25) is 5.02 Å². The van der Waals surface area contributed by atoms with E-state index in [0.717, 1.165) is 31.0 Å². The summed E-state index contributed by atoms with van der Waals surface area (Å²) in [5.74, 6) is -8.29. The number of carbonyl (C=O) groups is 2. The van der Waals surface area contributed by atoms with E-state index < -0.39 is 47.0 Å². The molecule has 1 aromatic heterocycles. The Morgan fingerprint density at radius 3 is 2.18 bits per heavy atom. The van der Waals surface area contributed by atoms with E-state index in [1.54, 1.807) is 0 Å². The van der Waals surface area contributed by atoms with Crippen molar-refractivity contribution in [2.75, 3.05) is 5.32 Å². The molecule has 33 heavy (non-hydrogen) atoms. The average molecular weight is 505 g/mol. The van der Waals surface area contributed by atoms with Crippen molar-refractivity contribution < 1.29 is 44.7 Å². The van der Waals surface area contributed by atoms with Gasteiger partial charge in [-0.25, -0.2) is 0 Å². The van der Waals surface area contributed by atoms with Crippen LogP contribution >= 0.6 is 11.6 Å². The number of hydrogen-bond acceptors (Lipinski definition) is 3. The molecule has 0 spiro atoms. The molecule has 180 valence electrons. The summed E-state index contributed by atoms with van der Waals surface area (Å²) in [6, 6.07) is 3.20. The van der Waals surface area contributed by atoms with E-state index in [2.05, 4.69) is 10.4 Å². The first kappa shape index (κ1) is 24.7. The van der Waals surface area contributed by atoms with Crippen LogP contribution in [0.3, 0.4) is 0 Å². The molecule has 0 bridgehead atoms. The fourth-order valence-corrected chi connectivity index (χ4v) is 3.07. The molecule has 2 aromatic rings. The van der Waals surface area contributed by atoms with Crippen molar-refractivity contribution in [3.05, 3.63) is 45.7 Å². The number of alkyl halides is 8. The molecule has 0 saturated heterocycles. The largest absolute Gasteiger partial charge is 0.459 e. The number of rotatable bonds is 5. The van der Waals surface area contributed by atoms with Crippen molar-refractivity contribution in [2.45, 2.75) is 37.2 Å². The molecule has 15 heteroatoms. The summed E-state index contributed by atoms with van der Waals surface area (Å²) in [7, 11) is 0.608. The first-order valence-electron chi connectivity index (χ1n) is 9.05. The van der Waals surface area contributed by atoms with Gasteiger partial charge in [0.15, 0.2) is 5.69 Å². The van der Waals surface area contributed by atoms with Crippen LogP contribution in [-0.4, -0.2) is 33.8 Å². The lowest BCUT2D eigenvalue weighted by atomic mass is 10.1. The van der Waals surface area contributed by atoms with Gasteiger partial charge in [0.1, 0.15) is 11.3 Å². The highest BCUT2D eigenvalue weighted by Gasteiger charge is 2.64. The standard InChI is InChI=1S/C18H13ClF8N4O2/c1-31-12(11(17(22,23)24)13(30-31)16(20,21)18(25,26)27)15(33)29-8-4-5-10(19)9(6-8)14(32)28-7-2-3-7/h4-7H,2-3H2,1H3,(H,28,32)(H,29,33). The minimum Gasteiger partial charge on any atom is -0.349 e. The maximum absolute atomic E-state index is 13.7. The lowest BCUT2D eigenvalue weighted by Gasteiger charge is -2.19. The highest BCUT2D eigenvalue weighted by atomic mass is 35.5. The van der Waals surface area contributed by atoms with Gasteiger partial charge in [-0.2, -0.15) is 40.2 Å². The fourth-order valence-electron chi connectivity index (χ4n) is 2.87. The first-order chi connectivity index (χ1) is 15.0. The van der Waals surface area contributed by atoms with E-state index in [1.807, 2.05) is 5.32 Å². The van der Waals surface area contributed by atoms with Gasteiger partial charge in [-0.1, -0.05) is 11.6 Å². The molecule has 1 aromatic carbocycles. The Kier molecular flexibility index (Phi) is 6.11. The minimum absolute atomic E-state index is 0.0240. The third-order valence-corrected chi connectivity index (χ3v) is 4.91. The molecule has 1 fully saturated rings. The Hall–Kier alpha value is -2.90. The molecule has 6 nitrogen and oxygen atoms in total. The molecule has 0 radical (unpaired) electrons. The van der Waals surface area contributed by atoms with Crippen molar-refractivity contribution in [3.8, 4) is 0 Å². The second-order valence-electron chi connectivity index (χ2n) is 7.16. The molecule has 2 N–H and O–H groups in total. The number of amides is 2. The fraction of sp³-hybridized carbons (Fsp3) is 0.389. The maximum atomic E-state index is 13.7. The molecule has 3 rings (SSSR count). The molecule has 2 amide bonds. The highest BCUT2D eigenvalue weighted by Crippen LogP contribution is 2.48. The summed E-state index contributed by atoms with van der Waals surface area (Å²) in [4.78, 5) is 24.7. The second kappa shape index (κ2) is 8.15. The van der Waals surface area contributed by atoms with E-state index in [9.17, 15) is 44.7 Å². The van der Waals surface area contributed by atoms with E-state index >= 15 is 0 Å². The lowest BCUT2D eigenvalue weighted by molar-refractivity contribution is -0.292. The number of halogens is 9. The second-order valence-corrected chi connectivity index (χ2v) is 7.57. The Labute approximate surface area is 184 Å². The summed E-state index contributed by atoms with van der Waals surface area (Å²) in [5.41, 5.74) is -7.17. The van der Waals surface area contributed by atoms with Gasteiger partial charge in [0, 0.05) is 18.8 Å². The SMILES string of the molecule is Cn1nc(C(F)(F)C(F)(F)F)c(C(F)(F)F)c1C(=O)Nc1ccc(Cl)c(C(=O)NC2CC2)c1. The quantitative estimate of drug-likeness (QED) is 0.569. The van der Waals surface area contributed by atoms with Gasteiger partial charge in [0.25, 0.3) is 11.8 Å².